The van der Waals surface area contributed by atoms with Gasteiger partial charge in [-0.3, -0.25) is 0 Å². The molecule has 0 saturated heterocycles. The Kier molecular flexibility index (Phi) is 5.15. The lowest BCUT2D eigenvalue weighted by molar-refractivity contribution is 0.980. The highest BCUT2D eigenvalue weighted by Crippen LogP contribution is 2.44. The normalized spacial score (nSPS) is 11.8. The number of aromatic nitrogens is 2. The van der Waals surface area contributed by atoms with E-state index in [0.29, 0.717) is 0 Å². The van der Waals surface area contributed by atoms with Gasteiger partial charge in [0.25, 0.3) is 0 Å². The molecule has 2 heterocycles. The number of hydrogen-bond acceptors (Lipinski definition) is 0. The number of benzene rings is 7. The maximum absolute atomic E-state index is 2.40. The largest absolute Gasteiger partial charge is 0.344 e. The summed E-state index contributed by atoms with van der Waals surface area (Å²) in [5.74, 6) is 0. The highest BCUT2D eigenvalue weighted by molar-refractivity contribution is 6.21. The second-order valence-electron chi connectivity index (χ2n) is 11.4. The average molecular weight is 549 g/mol. The molecule has 0 unspecified atom stereocenters. The number of aryl methyl sites for hydroxylation is 1. The van der Waals surface area contributed by atoms with E-state index in [-0.39, 0.29) is 0 Å². The van der Waals surface area contributed by atoms with E-state index in [1.165, 1.54) is 82.3 Å². The van der Waals surface area contributed by atoms with Crippen molar-refractivity contribution in [3.05, 3.63) is 152 Å². The Labute approximate surface area is 249 Å². The lowest BCUT2D eigenvalue weighted by atomic mass is 9.87. The fourth-order valence-corrected chi connectivity index (χ4v) is 7.24. The number of fused-ring (bicyclic) bond motifs is 6. The molecule has 0 atom stereocenters. The molecule has 0 aliphatic rings. The summed E-state index contributed by atoms with van der Waals surface area (Å²) < 4.78 is 4.76. The Hall–Kier alpha value is -5.60. The van der Waals surface area contributed by atoms with Crippen molar-refractivity contribution in [2.45, 2.75) is 0 Å². The van der Waals surface area contributed by atoms with Gasteiger partial charge in [0.1, 0.15) is 0 Å². The highest BCUT2D eigenvalue weighted by atomic mass is 15.0. The van der Waals surface area contributed by atoms with Crippen molar-refractivity contribution in [3.63, 3.8) is 0 Å². The summed E-state index contributed by atoms with van der Waals surface area (Å²) in [4.78, 5) is 0. The van der Waals surface area contributed by atoms with Crippen molar-refractivity contribution in [3.8, 4) is 28.1 Å². The topological polar surface area (TPSA) is 9.86 Å². The summed E-state index contributed by atoms with van der Waals surface area (Å²) in [6.07, 6.45) is 0. The Balaban J connectivity index is 1.33. The van der Waals surface area contributed by atoms with Crippen LogP contribution in [0.15, 0.2) is 152 Å². The standard InChI is InChI=1S/C41H28N2/c1-42-36-24-23-29(43-37-21-11-9-15-30(37)31-16-10-12-22-38(31)43)25-28(36)26-39(42)41-34-19-7-5-17-32(34)40(27-13-3-2-4-14-27)33-18-6-8-20-35(33)41/h2-26H,1H3. The molecule has 202 valence electrons. The molecule has 9 rings (SSSR count). The van der Waals surface area contributed by atoms with E-state index in [1.54, 1.807) is 0 Å². The summed E-state index contributed by atoms with van der Waals surface area (Å²) >= 11 is 0. The van der Waals surface area contributed by atoms with E-state index < -0.39 is 0 Å². The molecule has 2 aromatic heterocycles. The van der Waals surface area contributed by atoms with Crippen LogP contribution in [0.4, 0.5) is 0 Å². The van der Waals surface area contributed by atoms with Crippen molar-refractivity contribution in [2.24, 2.45) is 7.05 Å². The van der Waals surface area contributed by atoms with Crippen LogP contribution in [0.25, 0.3) is 82.3 Å². The molecule has 43 heavy (non-hydrogen) atoms. The molecular formula is C41H28N2. The van der Waals surface area contributed by atoms with Crippen LogP contribution in [-0.4, -0.2) is 9.13 Å². The van der Waals surface area contributed by atoms with Gasteiger partial charge in [0, 0.05) is 40.0 Å². The summed E-state index contributed by atoms with van der Waals surface area (Å²) in [5, 5.41) is 8.89. The molecule has 7 aromatic carbocycles. The summed E-state index contributed by atoms with van der Waals surface area (Å²) in [7, 11) is 2.20. The van der Waals surface area contributed by atoms with Gasteiger partial charge in [0.15, 0.2) is 0 Å². The summed E-state index contributed by atoms with van der Waals surface area (Å²) in [6.45, 7) is 0. The molecule has 0 bridgehead atoms. The Bertz CT molecular complexity index is 2400. The molecule has 2 heteroatoms. The first-order chi connectivity index (χ1) is 21.3. The van der Waals surface area contributed by atoms with Gasteiger partial charge in [-0.25, -0.2) is 0 Å². The lowest BCUT2D eigenvalue weighted by Crippen LogP contribution is -1.96. The molecule has 0 N–H and O–H groups in total. The SMILES string of the molecule is Cn1c(-c2c3ccccc3c(-c3ccccc3)c3ccccc23)cc2cc(-n3c4ccccc4c4ccccc43)ccc21. The van der Waals surface area contributed by atoms with Gasteiger partial charge >= 0.3 is 0 Å². The molecule has 0 saturated carbocycles. The highest BCUT2D eigenvalue weighted by Gasteiger charge is 2.20. The number of rotatable bonds is 3. The van der Waals surface area contributed by atoms with Crippen LogP contribution < -0.4 is 0 Å². The zero-order chi connectivity index (χ0) is 28.5. The van der Waals surface area contributed by atoms with Gasteiger partial charge in [0.2, 0.25) is 0 Å². The third-order valence-corrected chi connectivity index (χ3v) is 9.11. The average Bonchev–Trinajstić information content (AvgIpc) is 3.58. The van der Waals surface area contributed by atoms with Crippen molar-refractivity contribution in [1.82, 2.24) is 9.13 Å². The summed E-state index contributed by atoms with van der Waals surface area (Å²) in [6, 6.07) is 55.2. The minimum Gasteiger partial charge on any atom is -0.344 e. The lowest BCUT2D eigenvalue weighted by Gasteiger charge is -2.18. The third-order valence-electron chi connectivity index (χ3n) is 9.11. The Morgan fingerprint density at radius 2 is 0.884 bits per heavy atom. The zero-order valence-corrected chi connectivity index (χ0v) is 23.8. The molecule has 0 amide bonds. The maximum atomic E-state index is 2.40. The van der Waals surface area contributed by atoms with Crippen molar-refractivity contribution in [2.75, 3.05) is 0 Å². The maximum Gasteiger partial charge on any atom is 0.0541 e. The number of hydrogen-bond donors (Lipinski definition) is 0. The van der Waals surface area contributed by atoms with Crippen molar-refractivity contribution >= 4 is 54.3 Å². The van der Waals surface area contributed by atoms with E-state index >= 15 is 0 Å². The quantitative estimate of drug-likeness (QED) is 0.194. The minimum absolute atomic E-state index is 1.18. The van der Waals surface area contributed by atoms with Gasteiger partial charge in [-0.05, 0) is 69.1 Å². The van der Waals surface area contributed by atoms with E-state index in [1.807, 2.05) is 0 Å². The van der Waals surface area contributed by atoms with Gasteiger partial charge in [-0.1, -0.05) is 115 Å². The van der Waals surface area contributed by atoms with E-state index in [9.17, 15) is 0 Å². The zero-order valence-electron chi connectivity index (χ0n) is 23.8. The van der Waals surface area contributed by atoms with Gasteiger partial charge in [0.05, 0.1) is 16.7 Å². The number of para-hydroxylation sites is 2. The predicted octanol–water partition coefficient (Wildman–Crippen LogP) is 10.9. The number of nitrogens with zero attached hydrogens (tertiary/aromatic N) is 2. The van der Waals surface area contributed by atoms with Gasteiger partial charge in [-0.2, -0.15) is 0 Å². The molecule has 9 aromatic rings. The minimum atomic E-state index is 1.18. The first-order valence-corrected chi connectivity index (χ1v) is 14.9. The van der Waals surface area contributed by atoms with Crippen LogP contribution in [0.5, 0.6) is 0 Å². The molecule has 0 radical (unpaired) electrons. The second-order valence-corrected chi connectivity index (χ2v) is 11.4. The molecule has 0 aliphatic heterocycles. The van der Waals surface area contributed by atoms with Gasteiger partial charge in [-0.15, -0.1) is 0 Å². The van der Waals surface area contributed by atoms with Gasteiger partial charge < -0.3 is 9.13 Å². The molecule has 0 aliphatic carbocycles. The van der Waals surface area contributed by atoms with Crippen LogP contribution in [0, 0.1) is 0 Å². The van der Waals surface area contributed by atoms with E-state index in [2.05, 4.69) is 168 Å². The fourth-order valence-electron chi connectivity index (χ4n) is 7.24. The van der Waals surface area contributed by atoms with Crippen LogP contribution in [0.3, 0.4) is 0 Å². The molecule has 2 nitrogen and oxygen atoms in total. The van der Waals surface area contributed by atoms with E-state index in [0.717, 1.165) is 0 Å². The smallest absolute Gasteiger partial charge is 0.0541 e. The Morgan fingerprint density at radius 1 is 0.395 bits per heavy atom. The third kappa shape index (κ3) is 3.47. The van der Waals surface area contributed by atoms with Crippen LogP contribution in [-0.2, 0) is 7.05 Å². The van der Waals surface area contributed by atoms with E-state index in [4.69, 9.17) is 0 Å². The molecule has 0 fully saturated rings. The summed E-state index contributed by atoms with van der Waals surface area (Å²) in [5.41, 5.74) is 9.90. The second kappa shape index (κ2) is 9.20. The molecular weight excluding hydrogens is 520 g/mol. The Morgan fingerprint density at radius 3 is 1.47 bits per heavy atom. The molecule has 0 spiro atoms. The van der Waals surface area contributed by atoms with Crippen LogP contribution in [0.1, 0.15) is 0 Å². The predicted molar refractivity (Wildman–Crippen MR) is 183 cm³/mol. The monoisotopic (exact) mass is 548 g/mol. The van der Waals surface area contributed by atoms with Crippen LogP contribution in [0.2, 0.25) is 0 Å². The fraction of sp³-hybridized carbons (Fsp3) is 0.0244. The van der Waals surface area contributed by atoms with Crippen LogP contribution >= 0.6 is 0 Å². The first kappa shape index (κ1) is 24.0. The van der Waals surface area contributed by atoms with Crippen molar-refractivity contribution in [1.29, 1.82) is 0 Å². The first-order valence-electron chi connectivity index (χ1n) is 14.9. The van der Waals surface area contributed by atoms with Crippen molar-refractivity contribution < 1.29 is 0 Å².